The molecule has 1 aromatic carbocycles. The number of rotatable bonds is 5. The fourth-order valence-corrected chi connectivity index (χ4v) is 2.16. The summed E-state index contributed by atoms with van der Waals surface area (Å²) in [7, 11) is 0. The highest BCUT2D eigenvalue weighted by atomic mass is 32.2. The summed E-state index contributed by atoms with van der Waals surface area (Å²) in [5, 5.41) is 0. The average Bonchev–Trinajstić information content (AvgIpc) is 2.17. The van der Waals surface area contributed by atoms with Crippen LogP contribution in [0.1, 0.15) is 25.3 Å². The number of carbonyl (C=O) groups excluding carboxylic acids is 1. The van der Waals surface area contributed by atoms with Crippen LogP contribution in [0.5, 0.6) is 0 Å². The van der Waals surface area contributed by atoms with Crippen LogP contribution in [0.15, 0.2) is 29.2 Å². The molecule has 0 unspecified atom stereocenters. The van der Waals surface area contributed by atoms with Gasteiger partial charge in [0.25, 0.3) is 0 Å². The van der Waals surface area contributed by atoms with Crippen molar-refractivity contribution in [3.63, 3.8) is 0 Å². The van der Waals surface area contributed by atoms with Crippen molar-refractivity contribution in [3.8, 4) is 0 Å². The Bertz CT molecular complexity index is 307. The highest BCUT2D eigenvalue weighted by Crippen LogP contribution is 2.21. The molecule has 0 saturated heterocycles. The maximum Gasteiger partial charge on any atom is 0.143 e. The molecule has 0 atom stereocenters. The topological polar surface area (TPSA) is 17.1 Å². The van der Waals surface area contributed by atoms with E-state index in [-0.39, 0.29) is 0 Å². The first-order chi connectivity index (χ1) is 6.74. The molecule has 0 N–H and O–H groups in total. The van der Waals surface area contributed by atoms with Crippen molar-refractivity contribution in [2.45, 2.75) is 31.6 Å². The van der Waals surface area contributed by atoms with E-state index in [1.807, 2.05) is 19.1 Å². The zero-order valence-electron chi connectivity index (χ0n) is 8.75. The second-order valence-corrected chi connectivity index (χ2v) is 4.36. The molecule has 0 fully saturated rings. The monoisotopic (exact) mass is 208 g/mol. The Morgan fingerprint density at radius 2 is 2.07 bits per heavy atom. The van der Waals surface area contributed by atoms with Crippen LogP contribution < -0.4 is 0 Å². The molecule has 0 amide bonds. The van der Waals surface area contributed by atoms with Gasteiger partial charge >= 0.3 is 0 Å². The minimum absolute atomic E-state index is 0.348. The first-order valence-corrected chi connectivity index (χ1v) is 5.92. The molecule has 0 spiro atoms. The molecule has 76 valence electrons. The van der Waals surface area contributed by atoms with Gasteiger partial charge in [0.1, 0.15) is 5.78 Å². The van der Waals surface area contributed by atoms with Gasteiger partial charge in [-0.3, -0.25) is 4.79 Å². The zero-order valence-corrected chi connectivity index (χ0v) is 9.56. The van der Waals surface area contributed by atoms with E-state index in [2.05, 4.69) is 19.1 Å². The Labute approximate surface area is 89.9 Å². The third-order valence-corrected chi connectivity index (χ3v) is 3.25. The molecule has 0 aromatic heterocycles. The molecule has 0 heterocycles. The van der Waals surface area contributed by atoms with Crippen molar-refractivity contribution in [1.29, 1.82) is 0 Å². The largest absolute Gasteiger partial charge is 0.299 e. The lowest BCUT2D eigenvalue weighted by Crippen LogP contribution is -2.00. The number of aryl methyl sites for hydroxylation is 1. The van der Waals surface area contributed by atoms with Gasteiger partial charge in [-0.15, -0.1) is 11.8 Å². The van der Waals surface area contributed by atoms with E-state index < -0.39 is 0 Å². The summed E-state index contributed by atoms with van der Waals surface area (Å²) in [5.41, 5.74) is 1.25. The van der Waals surface area contributed by atoms with Crippen LogP contribution in [-0.4, -0.2) is 11.5 Å². The molecule has 0 aliphatic rings. The second kappa shape index (κ2) is 5.86. The molecule has 2 heteroatoms. The minimum atomic E-state index is 0.348. The van der Waals surface area contributed by atoms with Crippen molar-refractivity contribution < 1.29 is 4.79 Å². The maximum atomic E-state index is 11.3. The van der Waals surface area contributed by atoms with Crippen LogP contribution in [0.2, 0.25) is 0 Å². The molecule has 0 radical (unpaired) electrons. The first kappa shape index (κ1) is 11.3. The van der Waals surface area contributed by atoms with Gasteiger partial charge in [-0.2, -0.15) is 0 Å². The fraction of sp³-hybridized carbons (Fsp3) is 0.417. The normalized spacial score (nSPS) is 10.1. The number of benzene rings is 1. The van der Waals surface area contributed by atoms with E-state index in [0.717, 1.165) is 6.42 Å². The summed E-state index contributed by atoms with van der Waals surface area (Å²) in [5.74, 6) is 0.958. The van der Waals surface area contributed by atoms with Gasteiger partial charge in [0.05, 0.1) is 5.75 Å². The van der Waals surface area contributed by atoms with Crippen molar-refractivity contribution in [2.75, 3.05) is 5.75 Å². The third-order valence-electron chi connectivity index (χ3n) is 2.01. The predicted octanol–water partition coefficient (Wildman–Crippen LogP) is 3.46. The molecule has 1 nitrogen and oxygen atoms in total. The van der Waals surface area contributed by atoms with Gasteiger partial charge in [-0.25, -0.2) is 0 Å². The summed E-state index contributed by atoms with van der Waals surface area (Å²) < 4.78 is 0. The van der Waals surface area contributed by atoms with Crippen LogP contribution in [0.25, 0.3) is 0 Å². The molecular weight excluding hydrogens is 192 g/mol. The van der Waals surface area contributed by atoms with Crippen LogP contribution >= 0.6 is 11.8 Å². The SMILES string of the molecule is CCCC(=O)CSc1ccccc1C. The van der Waals surface area contributed by atoms with Gasteiger partial charge in [-0.05, 0) is 25.0 Å². The van der Waals surface area contributed by atoms with E-state index in [4.69, 9.17) is 0 Å². The highest BCUT2D eigenvalue weighted by molar-refractivity contribution is 8.00. The predicted molar refractivity (Wildman–Crippen MR) is 61.8 cm³/mol. The molecule has 0 saturated carbocycles. The average molecular weight is 208 g/mol. The van der Waals surface area contributed by atoms with Gasteiger partial charge < -0.3 is 0 Å². The van der Waals surface area contributed by atoms with Gasteiger partial charge in [0.15, 0.2) is 0 Å². The standard InChI is InChI=1S/C12H16OS/c1-3-6-11(13)9-14-12-8-5-4-7-10(12)2/h4-5,7-8H,3,6,9H2,1-2H3. The fourth-order valence-electron chi connectivity index (χ4n) is 1.23. The zero-order chi connectivity index (χ0) is 10.4. The van der Waals surface area contributed by atoms with Crippen molar-refractivity contribution in [3.05, 3.63) is 29.8 Å². The molecular formula is C12H16OS. The van der Waals surface area contributed by atoms with Crippen LogP contribution in [0.4, 0.5) is 0 Å². The Morgan fingerprint density at radius 1 is 1.36 bits per heavy atom. The third kappa shape index (κ3) is 3.54. The summed E-state index contributed by atoms with van der Waals surface area (Å²) in [6.07, 6.45) is 1.66. The van der Waals surface area contributed by atoms with E-state index >= 15 is 0 Å². The maximum absolute atomic E-state index is 11.3. The van der Waals surface area contributed by atoms with E-state index in [1.54, 1.807) is 11.8 Å². The van der Waals surface area contributed by atoms with Crippen LogP contribution in [0, 0.1) is 6.92 Å². The molecule has 14 heavy (non-hydrogen) atoms. The smallest absolute Gasteiger partial charge is 0.143 e. The summed E-state index contributed by atoms with van der Waals surface area (Å²) in [4.78, 5) is 12.5. The number of thioether (sulfide) groups is 1. The number of hydrogen-bond acceptors (Lipinski definition) is 2. The summed E-state index contributed by atoms with van der Waals surface area (Å²) >= 11 is 1.65. The first-order valence-electron chi connectivity index (χ1n) is 4.94. The van der Waals surface area contributed by atoms with Crippen LogP contribution in [0.3, 0.4) is 0 Å². The Kier molecular flexibility index (Phi) is 4.74. The molecule has 0 bridgehead atoms. The number of Topliss-reactive ketones (excluding diaryl/α,β-unsaturated/α-hetero) is 1. The van der Waals surface area contributed by atoms with E-state index in [0.29, 0.717) is 18.0 Å². The second-order valence-electron chi connectivity index (χ2n) is 3.34. The van der Waals surface area contributed by atoms with Crippen molar-refractivity contribution >= 4 is 17.5 Å². The highest BCUT2D eigenvalue weighted by Gasteiger charge is 2.03. The number of carbonyl (C=O) groups is 1. The number of hydrogen-bond donors (Lipinski definition) is 0. The van der Waals surface area contributed by atoms with Gasteiger partial charge in [-0.1, -0.05) is 25.1 Å². The minimum Gasteiger partial charge on any atom is -0.299 e. The summed E-state index contributed by atoms with van der Waals surface area (Å²) in [6.45, 7) is 4.11. The lowest BCUT2D eigenvalue weighted by molar-refractivity contribution is -0.116. The lowest BCUT2D eigenvalue weighted by Gasteiger charge is -2.03. The molecule has 0 aliphatic heterocycles. The number of ketones is 1. The summed E-state index contributed by atoms with van der Waals surface area (Å²) in [6, 6.07) is 8.18. The molecule has 1 aromatic rings. The quantitative estimate of drug-likeness (QED) is 0.689. The lowest BCUT2D eigenvalue weighted by atomic mass is 10.2. The Hall–Kier alpha value is -0.760. The molecule has 0 aliphatic carbocycles. The van der Waals surface area contributed by atoms with Crippen molar-refractivity contribution in [2.24, 2.45) is 0 Å². The van der Waals surface area contributed by atoms with E-state index in [1.165, 1.54) is 10.5 Å². The van der Waals surface area contributed by atoms with Crippen molar-refractivity contribution in [1.82, 2.24) is 0 Å². The van der Waals surface area contributed by atoms with Gasteiger partial charge in [0.2, 0.25) is 0 Å². The van der Waals surface area contributed by atoms with Crippen LogP contribution in [-0.2, 0) is 4.79 Å². The van der Waals surface area contributed by atoms with Gasteiger partial charge in [0, 0.05) is 11.3 Å². The van der Waals surface area contributed by atoms with E-state index in [9.17, 15) is 4.79 Å². The Morgan fingerprint density at radius 3 is 2.71 bits per heavy atom. The Balaban J connectivity index is 2.46. The molecule has 1 rings (SSSR count).